The molecule has 0 unspecified atom stereocenters. The number of furan rings is 1. The van der Waals surface area contributed by atoms with Crippen molar-refractivity contribution < 1.29 is 18.2 Å². The zero-order valence-electron chi connectivity index (χ0n) is 24.0. The molecule has 8 nitrogen and oxygen atoms in total. The van der Waals surface area contributed by atoms with Gasteiger partial charge in [0.15, 0.2) is 5.76 Å². The van der Waals surface area contributed by atoms with Crippen LogP contribution in [0.1, 0.15) is 57.9 Å². The van der Waals surface area contributed by atoms with E-state index < -0.39 is 15.6 Å². The predicted molar refractivity (Wildman–Crippen MR) is 165 cm³/mol. The third-order valence-electron chi connectivity index (χ3n) is 6.66. The molecule has 0 radical (unpaired) electrons. The van der Waals surface area contributed by atoms with E-state index in [0.29, 0.717) is 28.1 Å². The molecule has 2 aromatic heterocycles. The van der Waals surface area contributed by atoms with Crippen LogP contribution in [-0.2, 0) is 9.73 Å². The zero-order chi connectivity index (χ0) is 30.0. The van der Waals surface area contributed by atoms with Crippen LogP contribution < -0.4 is 5.32 Å². The second-order valence-electron chi connectivity index (χ2n) is 9.61. The molecule has 0 spiro atoms. The van der Waals surface area contributed by atoms with E-state index in [0.717, 1.165) is 25.2 Å². The minimum atomic E-state index is -2.99. The summed E-state index contributed by atoms with van der Waals surface area (Å²) in [6, 6.07) is 19.4. The van der Waals surface area contributed by atoms with Crippen LogP contribution >= 0.6 is 0 Å². The van der Waals surface area contributed by atoms with Gasteiger partial charge in [0.2, 0.25) is 0 Å². The van der Waals surface area contributed by atoms with Crippen LogP contribution in [0.3, 0.4) is 0 Å². The minimum Gasteiger partial charge on any atom is -0.459 e. The van der Waals surface area contributed by atoms with Crippen LogP contribution in [0.15, 0.2) is 99.1 Å². The lowest BCUT2D eigenvalue weighted by Gasteiger charge is -2.18. The van der Waals surface area contributed by atoms with Crippen molar-refractivity contribution in [1.82, 2.24) is 9.88 Å². The lowest BCUT2D eigenvalue weighted by atomic mass is 10.1. The maximum atomic E-state index is 14.0. The topological polar surface area (TPSA) is 105 Å². The molecule has 2 aromatic carbocycles. The highest BCUT2D eigenvalue weighted by Gasteiger charge is 2.17. The fourth-order valence-corrected chi connectivity index (χ4v) is 6.21. The molecular weight excluding hydrogens is 548 g/mol. The molecule has 4 rings (SSSR count). The second kappa shape index (κ2) is 14.4. The van der Waals surface area contributed by atoms with Gasteiger partial charge in [-0.2, -0.15) is 4.36 Å². The smallest absolute Gasteiger partial charge is 0.291 e. The van der Waals surface area contributed by atoms with Gasteiger partial charge < -0.3 is 14.6 Å². The second-order valence-corrected chi connectivity index (χ2v) is 12.0. The predicted octanol–water partition coefficient (Wildman–Crippen LogP) is 6.03. The minimum absolute atomic E-state index is 0.212. The highest BCUT2D eigenvalue weighted by molar-refractivity contribution is 7.94. The van der Waals surface area contributed by atoms with E-state index in [4.69, 9.17) is 4.42 Å². The number of nitrogens with zero attached hydrogens (tertiary/aromatic N) is 3. The molecule has 42 heavy (non-hydrogen) atoms. The van der Waals surface area contributed by atoms with E-state index in [-0.39, 0.29) is 23.0 Å². The third-order valence-corrected chi connectivity index (χ3v) is 8.97. The third kappa shape index (κ3) is 8.03. The summed E-state index contributed by atoms with van der Waals surface area (Å²) in [7, 11) is -2.99. The first kappa shape index (κ1) is 30.4. The first-order valence-electron chi connectivity index (χ1n) is 13.8. The van der Waals surface area contributed by atoms with Crippen LogP contribution in [0.2, 0.25) is 0 Å². The Hall–Kier alpha value is -4.52. The van der Waals surface area contributed by atoms with E-state index in [9.17, 15) is 13.8 Å². The molecule has 0 aliphatic rings. The number of aryl methyl sites for hydroxylation is 1. The van der Waals surface area contributed by atoms with Gasteiger partial charge in [0.05, 0.1) is 21.6 Å². The Morgan fingerprint density at radius 2 is 1.74 bits per heavy atom. The summed E-state index contributed by atoms with van der Waals surface area (Å²) in [5, 5.41) is 2.81. The number of amides is 2. The van der Waals surface area contributed by atoms with Crippen molar-refractivity contribution in [2.45, 2.75) is 32.1 Å². The molecule has 2 amide bonds. The number of aromatic nitrogens is 1. The zero-order valence-corrected chi connectivity index (χ0v) is 24.8. The number of hydrogen-bond acceptors (Lipinski definition) is 6. The van der Waals surface area contributed by atoms with Gasteiger partial charge in [-0.05, 0) is 75.4 Å². The quantitative estimate of drug-likeness (QED) is 0.229. The monoisotopic (exact) mass is 582 g/mol. The summed E-state index contributed by atoms with van der Waals surface area (Å²) >= 11 is 0. The van der Waals surface area contributed by atoms with Crippen LogP contribution in [0.25, 0.3) is 0 Å². The van der Waals surface area contributed by atoms with Crippen molar-refractivity contribution in [3.8, 4) is 11.8 Å². The van der Waals surface area contributed by atoms with Gasteiger partial charge >= 0.3 is 0 Å². The van der Waals surface area contributed by atoms with Gasteiger partial charge in [0, 0.05) is 45.4 Å². The number of benzene rings is 2. The van der Waals surface area contributed by atoms with Gasteiger partial charge in [0.25, 0.3) is 11.8 Å². The summed E-state index contributed by atoms with van der Waals surface area (Å²) in [6.45, 7) is 8.57. The van der Waals surface area contributed by atoms with E-state index in [1.54, 1.807) is 67.7 Å². The molecule has 9 heteroatoms. The van der Waals surface area contributed by atoms with Crippen molar-refractivity contribution in [3.05, 3.63) is 113 Å². The molecule has 216 valence electrons. The highest BCUT2D eigenvalue weighted by atomic mass is 32.2. The highest BCUT2D eigenvalue weighted by Crippen LogP contribution is 2.18. The summed E-state index contributed by atoms with van der Waals surface area (Å²) in [5.41, 5.74) is 2.69. The molecular formula is C33H34N4O4S. The standard InChI is InChI=1S/C33H34N4O4S/c1-4-37(5-2)18-10-20-42(40,30-13-7-6-8-14-30)36-32(38)28-21-27(23-34-24-28)16-15-26-11-9-12-29(22-26)35-33(39)31-25(3)17-19-41-31/h6-9,11-14,17,19,21-24H,4-5,10,18,20H2,1-3H3,(H,35,39)/t42-/m0/s1. The molecule has 4 aromatic rings. The van der Waals surface area contributed by atoms with Gasteiger partial charge in [0.1, 0.15) is 0 Å². The van der Waals surface area contributed by atoms with Crippen LogP contribution in [0, 0.1) is 18.8 Å². The van der Waals surface area contributed by atoms with Gasteiger partial charge in [-0.15, -0.1) is 0 Å². The molecule has 0 saturated heterocycles. The van der Waals surface area contributed by atoms with Gasteiger partial charge in [-0.25, -0.2) is 4.21 Å². The van der Waals surface area contributed by atoms with Crippen LogP contribution in [0.5, 0.6) is 0 Å². The average molecular weight is 583 g/mol. The number of rotatable bonds is 10. The Balaban J connectivity index is 1.53. The molecule has 0 aliphatic carbocycles. The van der Waals surface area contributed by atoms with Crippen molar-refractivity contribution >= 4 is 27.2 Å². The first-order valence-corrected chi connectivity index (χ1v) is 15.5. The Morgan fingerprint density at radius 3 is 2.45 bits per heavy atom. The Morgan fingerprint density at radius 1 is 0.976 bits per heavy atom. The van der Waals surface area contributed by atoms with Crippen LogP contribution in [-0.4, -0.2) is 51.3 Å². The van der Waals surface area contributed by atoms with E-state index in [1.165, 1.54) is 12.5 Å². The van der Waals surface area contributed by atoms with E-state index in [1.807, 2.05) is 12.1 Å². The summed E-state index contributed by atoms with van der Waals surface area (Å²) in [5.74, 6) is 5.64. The lowest BCUT2D eigenvalue weighted by Crippen LogP contribution is -2.25. The fraction of sp³-hybridized carbons (Fsp3) is 0.242. The summed E-state index contributed by atoms with van der Waals surface area (Å²) < 4.78 is 23.5. The van der Waals surface area contributed by atoms with E-state index in [2.05, 4.69) is 45.3 Å². The number of carbonyl (C=O) groups is 2. The normalized spacial score (nSPS) is 12.2. The summed E-state index contributed by atoms with van der Waals surface area (Å²) in [4.78, 5) is 32.7. The molecule has 0 fully saturated rings. The number of anilines is 1. The SMILES string of the molecule is CCN(CC)CCC[S@@](=O)(=NC(=O)c1cncc(C#Cc2cccc(NC(=O)c3occc3C)c2)c1)c1ccccc1. The molecule has 0 saturated carbocycles. The van der Waals surface area contributed by atoms with Gasteiger partial charge in [-0.1, -0.05) is 50.0 Å². The largest absolute Gasteiger partial charge is 0.459 e. The fourth-order valence-electron chi connectivity index (χ4n) is 4.30. The Bertz CT molecular complexity index is 1720. The van der Waals surface area contributed by atoms with Gasteiger partial charge in [-0.3, -0.25) is 14.6 Å². The van der Waals surface area contributed by atoms with Crippen molar-refractivity contribution in [2.75, 3.05) is 30.7 Å². The first-order chi connectivity index (χ1) is 20.3. The molecule has 2 heterocycles. The molecule has 1 N–H and O–H groups in total. The maximum absolute atomic E-state index is 14.0. The number of nitrogens with one attached hydrogen (secondary N) is 1. The molecule has 0 aliphatic heterocycles. The van der Waals surface area contributed by atoms with Crippen LogP contribution in [0.4, 0.5) is 5.69 Å². The van der Waals surface area contributed by atoms with Crippen molar-refractivity contribution in [1.29, 1.82) is 0 Å². The maximum Gasteiger partial charge on any atom is 0.291 e. The van der Waals surface area contributed by atoms with E-state index >= 15 is 0 Å². The Labute approximate surface area is 247 Å². The number of pyridine rings is 1. The lowest BCUT2D eigenvalue weighted by molar-refractivity contribution is 0.0991. The average Bonchev–Trinajstić information content (AvgIpc) is 3.45. The number of carbonyl (C=O) groups excluding carboxylic acids is 2. The van der Waals surface area contributed by atoms with Crippen molar-refractivity contribution in [3.63, 3.8) is 0 Å². The summed E-state index contributed by atoms with van der Waals surface area (Å²) in [6.07, 6.45) is 5.08. The number of hydrogen-bond donors (Lipinski definition) is 1. The van der Waals surface area contributed by atoms with Crippen molar-refractivity contribution in [2.24, 2.45) is 4.36 Å². The molecule has 1 atom stereocenters. The molecule has 0 bridgehead atoms. The Kier molecular flexibility index (Phi) is 10.4.